The zero-order valence-electron chi connectivity index (χ0n) is 24.5. The average molecular weight is 647 g/mol. The summed E-state index contributed by atoms with van der Waals surface area (Å²) in [6, 6.07) is 29.4. The van der Waals surface area contributed by atoms with E-state index in [4.69, 9.17) is 23.1 Å². The first kappa shape index (κ1) is 32.5. The zero-order chi connectivity index (χ0) is 32.7. The van der Waals surface area contributed by atoms with Crippen LogP contribution in [-0.2, 0) is 33.2 Å². The van der Waals surface area contributed by atoms with E-state index in [1.807, 2.05) is 0 Å². The smallest absolute Gasteiger partial charge is 0.338 e. The molecule has 0 bridgehead atoms. The second kappa shape index (κ2) is 14.5. The highest BCUT2D eigenvalue weighted by atomic mass is 32.2. The monoisotopic (exact) mass is 646 g/mol. The Bertz CT molecular complexity index is 1750. The molecule has 12 heteroatoms. The third-order valence-corrected chi connectivity index (χ3v) is 8.36. The van der Waals surface area contributed by atoms with E-state index in [0.717, 1.165) is 5.56 Å². The molecule has 1 saturated heterocycles. The van der Waals surface area contributed by atoms with Gasteiger partial charge >= 0.3 is 17.9 Å². The zero-order valence-corrected chi connectivity index (χ0v) is 25.3. The van der Waals surface area contributed by atoms with Gasteiger partial charge in [0, 0.05) is 0 Å². The summed E-state index contributed by atoms with van der Waals surface area (Å²) >= 11 is 0. The number of rotatable bonds is 10. The molecule has 1 aliphatic rings. The lowest BCUT2D eigenvalue weighted by molar-refractivity contribution is -0.283. The SMILES string of the molecule is Cc1ccc(S(=O)(=O)OCC2OC(O)[C@@H](OC(=O)c3ccccc3)[C@@H](OC(=O)c3ccccc3)[C@@H]2OC(=O)c2ccccc2)cc1. The molecule has 46 heavy (non-hydrogen) atoms. The molecule has 0 aromatic heterocycles. The molecule has 5 rings (SSSR count). The second-order valence-corrected chi connectivity index (χ2v) is 11.9. The molecule has 0 radical (unpaired) electrons. The summed E-state index contributed by atoms with van der Waals surface area (Å²) in [6.45, 7) is 1.02. The van der Waals surface area contributed by atoms with Crippen molar-refractivity contribution in [2.75, 3.05) is 6.61 Å². The van der Waals surface area contributed by atoms with E-state index in [2.05, 4.69) is 0 Å². The van der Waals surface area contributed by atoms with Crippen LogP contribution >= 0.6 is 0 Å². The highest BCUT2D eigenvalue weighted by Gasteiger charge is 2.52. The van der Waals surface area contributed by atoms with Crippen molar-refractivity contribution in [3.8, 4) is 0 Å². The summed E-state index contributed by atoms with van der Waals surface area (Å²) < 4.78 is 54.1. The van der Waals surface area contributed by atoms with Gasteiger partial charge in [0.05, 0.1) is 28.2 Å². The van der Waals surface area contributed by atoms with Crippen molar-refractivity contribution in [1.82, 2.24) is 0 Å². The number of carbonyl (C=O) groups excluding carboxylic acids is 3. The van der Waals surface area contributed by atoms with Gasteiger partial charge in [-0.15, -0.1) is 0 Å². The molecule has 0 amide bonds. The Balaban J connectivity index is 1.50. The summed E-state index contributed by atoms with van der Waals surface area (Å²) in [5, 5.41) is 11.1. The molecular weight excluding hydrogens is 616 g/mol. The minimum absolute atomic E-state index is 0.111. The van der Waals surface area contributed by atoms with Crippen molar-refractivity contribution < 1.29 is 51.0 Å². The van der Waals surface area contributed by atoms with Crippen LogP contribution in [0.2, 0.25) is 0 Å². The van der Waals surface area contributed by atoms with Crippen LogP contribution < -0.4 is 0 Å². The van der Waals surface area contributed by atoms with Crippen molar-refractivity contribution in [2.45, 2.75) is 42.5 Å². The number of esters is 3. The van der Waals surface area contributed by atoms with Gasteiger partial charge in [-0.2, -0.15) is 8.42 Å². The maximum Gasteiger partial charge on any atom is 0.338 e. The second-order valence-electron chi connectivity index (χ2n) is 10.3. The standard InChI is InChI=1S/C34H30O11S/c1-22-17-19-26(20-18-22)46(39,40)41-21-27-28(43-31(35)23-11-5-2-6-12-23)29(44-32(36)24-13-7-3-8-14-24)30(34(38)42-27)45-33(37)25-15-9-4-10-16-25/h2-20,27-30,34,38H,21H2,1H3/t27?,28-,29+,30+,34?/m1/s1. The highest BCUT2D eigenvalue weighted by molar-refractivity contribution is 7.86. The van der Waals surface area contributed by atoms with Crippen LogP contribution in [-0.4, -0.2) is 68.7 Å². The first-order chi connectivity index (χ1) is 22.1. The van der Waals surface area contributed by atoms with E-state index >= 15 is 0 Å². The van der Waals surface area contributed by atoms with Crippen molar-refractivity contribution in [3.05, 3.63) is 138 Å². The van der Waals surface area contributed by atoms with Crippen molar-refractivity contribution in [3.63, 3.8) is 0 Å². The molecule has 0 saturated carbocycles. The van der Waals surface area contributed by atoms with Crippen molar-refractivity contribution in [1.29, 1.82) is 0 Å². The molecule has 1 fully saturated rings. The van der Waals surface area contributed by atoms with Crippen LogP contribution in [0.4, 0.5) is 0 Å². The van der Waals surface area contributed by atoms with Gasteiger partial charge in [-0.1, -0.05) is 72.3 Å². The summed E-state index contributed by atoms with van der Waals surface area (Å²) in [6.07, 6.45) is -8.47. The number of hydrogen-bond donors (Lipinski definition) is 1. The normalized spacial score (nSPS) is 21.1. The van der Waals surface area contributed by atoms with Gasteiger partial charge in [-0.25, -0.2) is 14.4 Å². The maximum atomic E-state index is 13.3. The van der Waals surface area contributed by atoms with Crippen LogP contribution in [0.1, 0.15) is 36.6 Å². The Kier molecular flexibility index (Phi) is 10.2. The number of aryl methyl sites for hydroxylation is 1. The molecule has 4 aromatic rings. The summed E-state index contributed by atoms with van der Waals surface area (Å²) in [4.78, 5) is 39.5. The van der Waals surface area contributed by atoms with Gasteiger partial charge < -0.3 is 24.1 Å². The van der Waals surface area contributed by atoms with Crippen LogP contribution in [0.3, 0.4) is 0 Å². The first-order valence-electron chi connectivity index (χ1n) is 14.2. The molecule has 4 aromatic carbocycles. The Morgan fingerprint density at radius 3 is 1.50 bits per heavy atom. The number of carbonyl (C=O) groups is 3. The first-order valence-corrected chi connectivity index (χ1v) is 15.6. The molecule has 0 spiro atoms. The van der Waals surface area contributed by atoms with Crippen LogP contribution in [0.5, 0.6) is 0 Å². The molecule has 1 N–H and O–H groups in total. The number of aliphatic hydroxyl groups excluding tert-OH is 1. The van der Waals surface area contributed by atoms with Crippen molar-refractivity contribution >= 4 is 28.0 Å². The lowest BCUT2D eigenvalue weighted by Gasteiger charge is -2.42. The topological polar surface area (TPSA) is 152 Å². The van der Waals surface area contributed by atoms with Crippen LogP contribution in [0.15, 0.2) is 120 Å². The number of benzene rings is 4. The molecule has 2 unspecified atom stereocenters. The van der Waals surface area contributed by atoms with E-state index in [-0.39, 0.29) is 21.6 Å². The van der Waals surface area contributed by atoms with E-state index in [1.165, 1.54) is 48.5 Å². The quantitative estimate of drug-likeness (QED) is 0.151. The highest BCUT2D eigenvalue weighted by Crippen LogP contribution is 2.30. The fraction of sp³-hybridized carbons (Fsp3) is 0.206. The number of aliphatic hydroxyl groups is 1. The van der Waals surface area contributed by atoms with Crippen LogP contribution in [0, 0.1) is 6.92 Å². The van der Waals surface area contributed by atoms with Gasteiger partial charge in [0.15, 0.2) is 24.6 Å². The predicted molar refractivity (Wildman–Crippen MR) is 162 cm³/mol. The van der Waals surface area contributed by atoms with E-state index < -0.39 is 65.3 Å². The third kappa shape index (κ3) is 7.85. The van der Waals surface area contributed by atoms with Crippen molar-refractivity contribution in [2.24, 2.45) is 0 Å². The molecule has 5 atom stereocenters. The van der Waals surface area contributed by atoms with E-state index in [1.54, 1.807) is 73.7 Å². The lowest BCUT2D eigenvalue weighted by atomic mass is 9.98. The molecule has 1 heterocycles. The summed E-state index contributed by atoms with van der Waals surface area (Å²) in [5.74, 6) is -2.67. The Hall–Kier alpha value is -4.88. The molecule has 238 valence electrons. The fourth-order valence-electron chi connectivity index (χ4n) is 4.66. The predicted octanol–water partition coefficient (Wildman–Crippen LogP) is 4.09. The van der Waals surface area contributed by atoms with Gasteiger partial charge in [0.25, 0.3) is 10.1 Å². The lowest BCUT2D eigenvalue weighted by Crippen LogP contribution is -2.62. The molecule has 11 nitrogen and oxygen atoms in total. The largest absolute Gasteiger partial charge is 0.452 e. The third-order valence-electron chi connectivity index (χ3n) is 7.06. The number of ether oxygens (including phenoxy) is 4. The maximum absolute atomic E-state index is 13.3. The summed E-state index contributed by atoms with van der Waals surface area (Å²) in [5.41, 5.74) is 1.17. The minimum Gasteiger partial charge on any atom is -0.452 e. The summed E-state index contributed by atoms with van der Waals surface area (Å²) in [7, 11) is -4.35. The Morgan fingerprint density at radius 2 is 1.04 bits per heavy atom. The fourth-order valence-corrected chi connectivity index (χ4v) is 5.58. The number of hydrogen-bond acceptors (Lipinski definition) is 11. The van der Waals surface area contributed by atoms with Gasteiger partial charge in [-0.05, 0) is 55.5 Å². The molecule has 1 aliphatic heterocycles. The van der Waals surface area contributed by atoms with Gasteiger partial charge in [0.2, 0.25) is 0 Å². The molecular formula is C34H30O11S. The Labute approximate surface area is 265 Å². The Morgan fingerprint density at radius 1 is 0.630 bits per heavy atom. The van der Waals surface area contributed by atoms with Gasteiger partial charge in [0.1, 0.15) is 6.10 Å². The van der Waals surface area contributed by atoms with Crippen LogP contribution in [0.25, 0.3) is 0 Å². The van der Waals surface area contributed by atoms with Gasteiger partial charge in [-0.3, -0.25) is 4.18 Å². The molecule has 0 aliphatic carbocycles. The van der Waals surface area contributed by atoms with E-state index in [0.29, 0.717) is 0 Å². The van der Waals surface area contributed by atoms with E-state index in [9.17, 15) is 27.9 Å². The minimum atomic E-state index is -4.35. The average Bonchev–Trinajstić information content (AvgIpc) is 3.08.